The summed E-state index contributed by atoms with van der Waals surface area (Å²) in [7, 11) is 5.12. The molecule has 1 aromatic rings. The minimum absolute atomic E-state index is 0.117. The van der Waals surface area contributed by atoms with Crippen molar-refractivity contribution in [2.24, 2.45) is 5.92 Å². The number of carbonyl (C=O) groups is 2. The van der Waals surface area contributed by atoms with Gasteiger partial charge in [0.1, 0.15) is 0 Å². The van der Waals surface area contributed by atoms with E-state index in [1.165, 1.54) is 0 Å². The van der Waals surface area contributed by atoms with Crippen molar-refractivity contribution in [1.29, 1.82) is 0 Å². The van der Waals surface area contributed by atoms with Crippen LogP contribution in [0.3, 0.4) is 0 Å². The predicted octanol–water partition coefficient (Wildman–Crippen LogP) is 0.333. The van der Waals surface area contributed by atoms with Gasteiger partial charge in [-0.05, 0) is 31.2 Å². The lowest BCUT2D eigenvalue weighted by Gasteiger charge is -2.32. The van der Waals surface area contributed by atoms with E-state index in [0.717, 1.165) is 12.1 Å². The summed E-state index contributed by atoms with van der Waals surface area (Å²) in [6, 6.07) is 5.52. The van der Waals surface area contributed by atoms with E-state index < -0.39 is 6.10 Å². The molecule has 1 amide bonds. The molecule has 0 bridgehead atoms. The quantitative estimate of drug-likeness (QED) is 0.654. The van der Waals surface area contributed by atoms with Gasteiger partial charge in [-0.25, -0.2) is 0 Å². The second-order valence-corrected chi connectivity index (χ2v) is 5.74. The molecule has 0 aliphatic carbocycles. The first-order valence-corrected chi connectivity index (χ1v) is 7.89. The SMILES string of the molecule is COc1ccc(CNC(=O)[C@@H]2CN(C)CC[C@@H]2O)cc1OC.O=CO. The largest absolute Gasteiger partial charge is 0.493 e. The van der Waals surface area contributed by atoms with E-state index in [2.05, 4.69) is 10.2 Å². The van der Waals surface area contributed by atoms with E-state index in [-0.39, 0.29) is 18.3 Å². The highest BCUT2D eigenvalue weighted by atomic mass is 16.5. The second kappa shape index (κ2) is 10.5. The summed E-state index contributed by atoms with van der Waals surface area (Å²) in [5.41, 5.74) is 0.921. The zero-order chi connectivity index (χ0) is 18.8. The number of carboxylic acid groups (broad SMARTS) is 1. The lowest BCUT2D eigenvalue weighted by Crippen LogP contribution is -2.48. The number of ether oxygens (including phenoxy) is 2. The van der Waals surface area contributed by atoms with Gasteiger partial charge in [-0.2, -0.15) is 0 Å². The van der Waals surface area contributed by atoms with Crippen molar-refractivity contribution < 1.29 is 29.3 Å². The number of aliphatic hydroxyl groups is 1. The van der Waals surface area contributed by atoms with E-state index >= 15 is 0 Å². The maximum absolute atomic E-state index is 12.3. The highest BCUT2D eigenvalue weighted by Crippen LogP contribution is 2.27. The Labute approximate surface area is 147 Å². The monoisotopic (exact) mass is 354 g/mol. The zero-order valence-electron chi connectivity index (χ0n) is 14.8. The predicted molar refractivity (Wildman–Crippen MR) is 91.7 cm³/mol. The molecule has 1 aromatic carbocycles. The van der Waals surface area contributed by atoms with Gasteiger partial charge < -0.3 is 29.9 Å². The molecule has 0 aromatic heterocycles. The van der Waals surface area contributed by atoms with Gasteiger partial charge in [0.05, 0.1) is 26.2 Å². The number of hydrogen-bond donors (Lipinski definition) is 3. The average Bonchev–Trinajstić information content (AvgIpc) is 2.62. The molecule has 1 aliphatic heterocycles. The number of rotatable bonds is 5. The molecule has 1 saturated heterocycles. The Morgan fingerprint density at radius 3 is 2.60 bits per heavy atom. The van der Waals surface area contributed by atoms with Gasteiger partial charge in [-0.15, -0.1) is 0 Å². The number of methoxy groups -OCH3 is 2. The van der Waals surface area contributed by atoms with Crippen LogP contribution >= 0.6 is 0 Å². The van der Waals surface area contributed by atoms with Gasteiger partial charge in [-0.1, -0.05) is 6.07 Å². The summed E-state index contributed by atoms with van der Waals surface area (Å²) in [4.78, 5) is 22.7. The number of hydrogen-bond acceptors (Lipinski definition) is 6. The van der Waals surface area contributed by atoms with Gasteiger partial charge in [-0.3, -0.25) is 9.59 Å². The van der Waals surface area contributed by atoms with Crippen molar-refractivity contribution in [2.75, 3.05) is 34.4 Å². The number of piperidine rings is 1. The fraction of sp³-hybridized carbons (Fsp3) is 0.529. The summed E-state index contributed by atoms with van der Waals surface area (Å²) in [6.45, 7) is 1.55. The van der Waals surface area contributed by atoms with Gasteiger partial charge >= 0.3 is 0 Å². The molecule has 1 fully saturated rings. The molecule has 0 radical (unpaired) electrons. The summed E-state index contributed by atoms with van der Waals surface area (Å²) >= 11 is 0. The first-order valence-electron chi connectivity index (χ1n) is 7.89. The van der Waals surface area contributed by atoms with Crippen LogP contribution in [0.15, 0.2) is 18.2 Å². The van der Waals surface area contributed by atoms with Crippen molar-refractivity contribution in [1.82, 2.24) is 10.2 Å². The van der Waals surface area contributed by atoms with Crippen LogP contribution in [0.4, 0.5) is 0 Å². The molecule has 0 saturated carbocycles. The molecule has 25 heavy (non-hydrogen) atoms. The molecule has 0 unspecified atom stereocenters. The van der Waals surface area contributed by atoms with E-state index in [1.54, 1.807) is 14.2 Å². The van der Waals surface area contributed by atoms with Crippen LogP contribution in [0, 0.1) is 5.92 Å². The minimum Gasteiger partial charge on any atom is -0.493 e. The van der Waals surface area contributed by atoms with Crippen molar-refractivity contribution >= 4 is 12.4 Å². The van der Waals surface area contributed by atoms with Gasteiger partial charge in [0.2, 0.25) is 5.91 Å². The summed E-state index contributed by atoms with van der Waals surface area (Å²) in [6.07, 6.45) is 0.0619. The Kier molecular flexibility index (Phi) is 8.73. The number of carbonyl (C=O) groups excluding carboxylic acids is 1. The molecular formula is C17H26N2O6. The van der Waals surface area contributed by atoms with Gasteiger partial charge in [0, 0.05) is 19.6 Å². The molecule has 1 aliphatic rings. The first kappa shape index (κ1) is 20.7. The summed E-state index contributed by atoms with van der Waals surface area (Å²) in [5.74, 6) is 0.793. The molecule has 2 atom stereocenters. The third kappa shape index (κ3) is 6.24. The number of nitrogens with one attached hydrogen (secondary N) is 1. The maximum atomic E-state index is 12.3. The Balaban J connectivity index is 0.000000970. The van der Waals surface area contributed by atoms with E-state index in [4.69, 9.17) is 19.4 Å². The minimum atomic E-state index is -0.568. The number of aliphatic hydroxyl groups excluding tert-OH is 1. The van der Waals surface area contributed by atoms with Crippen LogP contribution in [0.2, 0.25) is 0 Å². The molecule has 1 heterocycles. The van der Waals surface area contributed by atoms with Crippen LogP contribution in [-0.4, -0.2) is 68.0 Å². The number of benzene rings is 1. The lowest BCUT2D eigenvalue weighted by molar-refractivity contribution is -0.131. The summed E-state index contributed by atoms with van der Waals surface area (Å²) < 4.78 is 10.4. The number of likely N-dealkylation sites (tertiary alicyclic amines) is 1. The standard InChI is InChI=1S/C16H24N2O4.CH2O2/c1-18-7-6-13(19)12(10-18)16(20)17-9-11-4-5-14(21-2)15(8-11)22-3;2-1-3/h4-5,8,12-13,19H,6-7,9-10H2,1-3H3,(H,17,20);1H,(H,2,3)/t12-,13+;/m1./s1. The van der Waals surface area contributed by atoms with Crippen molar-refractivity contribution in [3.8, 4) is 11.5 Å². The van der Waals surface area contributed by atoms with Crippen LogP contribution < -0.4 is 14.8 Å². The van der Waals surface area contributed by atoms with E-state index in [9.17, 15) is 9.90 Å². The Morgan fingerprint density at radius 2 is 2.00 bits per heavy atom. The highest BCUT2D eigenvalue weighted by molar-refractivity contribution is 5.79. The van der Waals surface area contributed by atoms with Crippen LogP contribution in [0.1, 0.15) is 12.0 Å². The zero-order valence-corrected chi connectivity index (χ0v) is 14.8. The Bertz CT molecular complexity index is 566. The fourth-order valence-electron chi connectivity index (χ4n) is 2.67. The van der Waals surface area contributed by atoms with Gasteiger partial charge in [0.15, 0.2) is 11.5 Å². The smallest absolute Gasteiger partial charge is 0.290 e. The third-order valence-electron chi connectivity index (χ3n) is 4.03. The maximum Gasteiger partial charge on any atom is 0.290 e. The van der Waals surface area contributed by atoms with Crippen molar-refractivity contribution in [3.05, 3.63) is 23.8 Å². The topological polar surface area (TPSA) is 108 Å². The fourth-order valence-corrected chi connectivity index (χ4v) is 2.67. The molecule has 8 nitrogen and oxygen atoms in total. The highest BCUT2D eigenvalue weighted by Gasteiger charge is 2.31. The van der Waals surface area contributed by atoms with E-state index in [0.29, 0.717) is 31.0 Å². The van der Waals surface area contributed by atoms with Crippen LogP contribution in [0.5, 0.6) is 11.5 Å². The Morgan fingerprint density at radius 1 is 1.36 bits per heavy atom. The third-order valence-corrected chi connectivity index (χ3v) is 4.03. The van der Waals surface area contributed by atoms with Crippen LogP contribution in [0.25, 0.3) is 0 Å². The van der Waals surface area contributed by atoms with Crippen molar-refractivity contribution in [2.45, 2.75) is 19.1 Å². The molecular weight excluding hydrogens is 328 g/mol. The molecule has 2 rings (SSSR count). The molecule has 3 N–H and O–H groups in total. The van der Waals surface area contributed by atoms with E-state index in [1.807, 2.05) is 25.2 Å². The average molecular weight is 354 g/mol. The molecule has 0 spiro atoms. The number of amides is 1. The first-order chi connectivity index (χ1) is 12.0. The second-order valence-electron chi connectivity index (χ2n) is 5.74. The van der Waals surface area contributed by atoms with Gasteiger partial charge in [0.25, 0.3) is 6.47 Å². The summed E-state index contributed by atoms with van der Waals surface area (Å²) in [5, 5.41) is 19.8. The molecule has 8 heteroatoms. The molecule has 140 valence electrons. The lowest BCUT2D eigenvalue weighted by atomic mass is 9.94. The normalized spacial score (nSPS) is 20.0. The van der Waals surface area contributed by atoms with Crippen molar-refractivity contribution in [3.63, 3.8) is 0 Å². The number of nitrogens with zero attached hydrogens (tertiary/aromatic N) is 1. The Hall–Kier alpha value is -2.32. The van der Waals surface area contributed by atoms with Crippen LogP contribution in [-0.2, 0) is 16.1 Å².